The molecule has 2 rings (SSSR count). The van der Waals surface area contributed by atoms with Gasteiger partial charge in [0.05, 0.1) is 23.3 Å². The fourth-order valence-corrected chi connectivity index (χ4v) is 1.46. The number of aromatic nitrogens is 3. The largest absolute Gasteiger partial charge is 0.480 e. The van der Waals surface area contributed by atoms with Gasteiger partial charge in [0, 0.05) is 0 Å². The Balaban J connectivity index is 2.73. The fourth-order valence-electron chi connectivity index (χ4n) is 0.979. The molecule has 0 aliphatic rings. The van der Waals surface area contributed by atoms with E-state index in [-0.39, 0.29) is 0 Å². The van der Waals surface area contributed by atoms with Crippen molar-refractivity contribution in [2.75, 3.05) is 7.11 Å². The van der Waals surface area contributed by atoms with E-state index in [4.69, 9.17) is 4.74 Å². The van der Waals surface area contributed by atoms with Gasteiger partial charge in [0.15, 0.2) is 0 Å². The van der Waals surface area contributed by atoms with E-state index in [1.165, 1.54) is 0 Å². The molecule has 2 aromatic heterocycles. The standard InChI is InChI=1S/C7H6BrN3O/c1-12-7-4(8)2-5-6(10-7)3-9-11-5/h2-3H,1H3,(H,9,11). The number of nitrogens with one attached hydrogen (secondary N) is 1. The Hall–Kier alpha value is -1.10. The lowest BCUT2D eigenvalue weighted by Gasteiger charge is -2.00. The quantitative estimate of drug-likeness (QED) is 0.808. The maximum absolute atomic E-state index is 5.02. The van der Waals surface area contributed by atoms with Crippen LogP contribution in [0.2, 0.25) is 0 Å². The van der Waals surface area contributed by atoms with Crippen LogP contribution in [0.4, 0.5) is 0 Å². The topological polar surface area (TPSA) is 50.8 Å². The number of ether oxygens (including phenoxy) is 1. The molecule has 2 aromatic rings. The summed E-state index contributed by atoms with van der Waals surface area (Å²) in [5, 5.41) is 6.67. The molecule has 0 saturated carbocycles. The monoisotopic (exact) mass is 227 g/mol. The molecule has 2 heterocycles. The second-order valence-corrected chi connectivity index (χ2v) is 3.14. The highest BCUT2D eigenvalue weighted by molar-refractivity contribution is 9.10. The molecule has 0 aliphatic carbocycles. The zero-order chi connectivity index (χ0) is 8.55. The van der Waals surface area contributed by atoms with Crippen molar-refractivity contribution >= 4 is 27.0 Å². The number of hydrogen-bond donors (Lipinski definition) is 1. The smallest absolute Gasteiger partial charge is 0.228 e. The van der Waals surface area contributed by atoms with Crippen molar-refractivity contribution in [2.24, 2.45) is 0 Å². The molecular weight excluding hydrogens is 222 g/mol. The molecule has 4 nitrogen and oxygen atoms in total. The number of methoxy groups -OCH3 is 1. The highest BCUT2D eigenvalue weighted by atomic mass is 79.9. The van der Waals surface area contributed by atoms with Crippen LogP contribution in [0, 0.1) is 0 Å². The van der Waals surface area contributed by atoms with Gasteiger partial charge in [-0.2, -0.15) is 5.10 Å². The van der Waals surface area contributed by atoms with Crippen molar-refractivity contribution in [3.8, 4) is 5.88 Å². The predicted octanol–water partition coefficient (Wildman–Crippen LogP) is 1.73. The van der Waals surface area contributed by atoms with Crippen LogP contribution in [0.3, 0.4) is 0 Å². The molecule has 0 bridgehead atoms. The van der Waals surface area contributed by atoms with E-state index in [0.717, 1.165) is 15.5 Å². The van der Waals surface area contributed by atoms with Gasteiger partial charge in [-0.15, -0.1) is 0 Å². The number of aromatic amines is 1. The maximum atomic E-state index is 5.02. The number of pyridine rings is 1. The van der Waals surface area contributed by atoms with Crippen molar-refractivity contribution in [3.05, 3.63) is 16.7 Å². The lowest BCUT2D eigenvalue weighted by Crippen LogP contribution is -1.88. The first kappa shape index (κ1) is 7.54. The molecule has 5 heteroatoms. The van der Waals surface area contributed by atoms with E-state index in [0.29, 0.717) is 5.88 Å². The Morgan fingerprint density at radius 3 is 3.17 bits per heavy atom. The second-order valence-electron chi connectivity index (χ2n) is 2.28. The molecule has 0 aliphatic heterocycles. The number of rotatable bonds is 1. The van der Waals surface area contributed by atoms with Gasteiger partial charge >= 0.3 is 0 Å². The normalized spacial score (nSPS) is 10.5. The third-order valence-electron chi connectivity index (χ3n) is 1.54. The van der Waals surface area contributed by atoms with E-state index in [1.54, 1.807) is 13.3 Å². The van der Waals surface area contributed by atoms with Crippen molar-refractivity contribution in [3.63, 3.8) is 0 Å². The first-order valence-corrected chi connectivity index (χ1v) is 4.14. The van der Waals surface area contributed by atoms with Gasteiger partial charge in [-0.3, -0.25) is 5.10 Å². The Bertz CT molecular complexity index is 412. The number of nitrogens with zero attached hydrogens (tertiary/aromatic N) is 2. The summed E-state index contributed by atoms with van der Waals surface area (Å²) in [6.45, 7) is 0. The Morgan fingerprint density at radius 1 is 1.58 bits per heavy atom. The fraction of sp³-hybridized carbons (Fsp3) is 0.143. The summed E-state index contributed by atoms with van der Waals surface area (Å²) in [5.41, 5.74) is 1.69. The Morgan fingerprint density at radius 2 is 2.42 bits per heavy atom. The second kappa shape index (κ2) is 2.75. The van der Waals surface area contributed by atoms with Crippen molar-refractivity contribution in [1.82, 2.24) is 15.2 Å². The lowest BCUT2D eigenvalue weighted by molar-refractivity contribution is 0.397. The van der Waals surface area contributed by atoms with Gasteiger partial charge in [-0.25, -0.2) is 4.98 Å². The van der Waals surface area contributed by atoms with Crippen LogP contribution >= 0.6 is 15.9 Å². The van der Waals surface area contributed by atoms with Crippen molar-refractivity contribution < 1.29 is 4.74 Å². The Labute approximate surface area is 77.1 Å². The molecule has 0 fully saturated rings. The summed E-state index contributed by atoms with van der Waals surface area (Å²) in [7, 11) is 1.58. The molecule has 0 radical (unpaired) electrons. The zero-order valence-electron chi connectivity index (χ0n) is 6.34. The summed E-state index contributed by atoms with van der Waals surface area (Å²) in [4.78, 5) is 4.19. The summed E-state index contributed by atoms with van der Waals surface area (Å²) in [5.74, 6) is 0.573. The highest BCUT2D eigenvalue weighted by Crippen LogP contribution is 2.25. The van der Waals surface area contributed by atoms with E-state index >= 15 is 0 Å². The van der Waals surface area contributed by atoms with E-state index in [2.05, 4.69) is 31.1 Å². The molecule has 0 saturated heterocycles. The van der Waals surface area contributed by atoms with Crippen LogP contribution in [-0.4, -0.2) is 22.3 Å². The summed E-state index contributed by atoms with van der Waals surface area (Å²) >= 11 is 3.33. The molecule has 0 amide bonds. The number of hydrogen-bond acceptors (Lipinski definition) is 3. The first-order valence-electron chi connectivity index (χ1n) is 3.35. The van der Waals surface area contributed by atoms with Crippen LogP contribution in [0.5, 0.6) is 5.88 Å². The Kier molecular flexibility index (Phi) is 1.73. The summed E-state index contributed by atoms with van der Waals surface area (Å²) in [6.07, 6.45) is 1.66. The first-order chi connectivity index (χ1) is 5.81. The van der Waals surface area contributed by atoms with Gasteiger partial charge in [0.25, 0.3) is 0 Å². The van der Waals surface area contributed by atoms with Gasteiger partial charge in [0.2, 0.25) is 5.88 Å². The third-order valence-corrected chi connectivity index (χ3v) is 2.11. The minimum absolute atomic E-state index is 0.573. The SMILES string of the molecule is COc1nc2cn[nH]c2cc1Br. The number of halogens is 1. The maximum Gasteiger partial charge on any atom is 0.228 e. The molecule has 12 heavy (non-hydrogen) atoms. The molecule has 1 N–H and O–H groups in total. The van der Waals surface area contributed by atoms with Crippen LogP contribution in [0.15, 0.2) is 16.7 Å². The predicted molar refractivity (Wildman–Crippen MR) is 48.1 cm³/mol. The highest BCUT2D eigenvalue weighted by Gasteiger charge is 2.04. The average Bonchev–Trinajstić information content (AvgIpc) is 2.49. The third kappa shape index (κ3) is 1.06. The molecular formula is C7H6BrN3O. The van der Waals surface area contributed by atoms with Crippen LogP contribution in [0.25, 0.3) is 11.0 Å². The number of H-pyrrole nitrogens is 1. The van der Waals surface area contributed by atoms with Gasteiger partial charge in [-0.1, -0.05) is 0 Å². The molecule has 0 aromatic carbocycles. The minimum atomic E-state index is 0.573. The van der Waals surface area contributed by atoms with Crippen LogP contribution in [0.1, 0.15) is 0 Å². The summed E-state index contributed by atoms with van der Waals surface area (Å²) in [6, 6.07) is 1.88. The zero-order valence-corrected chi connectivity index (χ0v) is 7.92. The lowest BCUT2D eigenvalue weighted by atomic mass is 10.4. The molecule has 0 spiro atoms. The van der Waals surface area contributed by atoms with Gasteiger partial charge in [0.1, 0.15) is 5.52 Å². The minimum Gasteiger partial charge on any atom is -0.480 e. The van der Waals surface area contributed by atoms with Gasteiger partial charge in [-0.05, 0) is 22.0 Å². The van der Waals surface area contributed by atoms with Crippen LogP contribution in [-0.2, 0) is 0 Å². The van der Waals surface area contributed by atoms with E-state index in [1.807, 2.05) is 6.07 Å². The van der Waals surface area contributed by atoms with Crippen LogP contribution < -0.4 is 4.74 Å². The summed E-state index contributed by atoms with van der Waals surface area (Å²) < 4.78 is 5.84. The van der Waals surface area contributed by atoms with Crippen molar-refractivity contribution in [2.45, 2.75) is 0 Å². The molecule has 0 atom stereocenters. The van der Waals surface area contributed by atoms with E-state index < -0.39 is 0 Å². The van der Waals surface area contributed by atoms with Gasteiger partial charge < -0.3 is 4.74 Å². The van der Waals surface area contributed by atoms with Crippen molar-refractivity contribution in [1.29, 1.82) is 0 Å². The number of fused-ring (bicyclic) bond motifs is 1. The average molecular weight is 228 g/mol. The van der Waals surface area contributed by atoms with E-state index in [9.17, 15) is 0 Å². The molecule has 0 unspecified atom stereocenters. The molecule has 62 valence electrons.